The number of thioether (sulfide) groups is 1. The van der Waals surface area contributed by atoms with Crippen molar-refractivity contribution in [2.75, 3.05) is 11.9 Å². The second-order valence-corrected chi connectivity index (χ2v) is 8.88. The Morgan fingerprint density at radius 3 is 2.50 bits per heavy atom. The van der Waals surface area contributed by atoms with Crippen molar-refractivity contribution in [2.24, 2.45) is 0 Å². The summed E-state index contributed by atoms with van der Waals surface area (Å²) in [5, 5.41) is 7.78. The summed E-state index contributed by atoms with van der Waals surface area (Å²) in [6.07, 6.45) is 0.867. The van der Waals surface area contributed by atoms with Crippen molar-refractivity contribution in [3.63, 3.8) is 0 Å². The molecule has 0 aliphatic rings. The Kier molecular flexibility index (Phi) is 5.91. The molecule has 2 N–H and O–H groups in total. The Morgan fingerprint density at radius 1 is 1.18 bits per heavy atom. The van der Waals surface area contributed by atoms with Crippen molar-refractivity contribution in [2.45, 2.75) is 36.8 Å². The maximum absolute atomic E-state index is 11.8. The standard InChI is InChI=1S/C17H22N2OS2/c1-17(2,3)22-15-8-6-13(7-9-15)19-16(20)18-11-10-14-5-4-12-21-14/h4-9,12H,10-11H2,1-3H3,(H2,18,19,20). The second-order valence-electron chi connectivity index (χ2n) is 5.95. The molecule has 118 valence electrons. The minimum Gasteiger partial charge on any atom is -0.338 e. The van der Waals surface area contributed by atoms with Crippen LogP contribution in [-0.4, -0.2) is 17.3 Å². The maximum Gasteiger partial charge on any atom is 0.319 e. The molecule has 0 radical (unpaired) electrons. The molecule has 0 atom stereocenters. The van der Waals surface area contributed by atoms with Gasteiger partial charge in [-0.2, -0.15) is 0 Å². The molecule has 1 aromatic heterocycles. The molecule has 0 spiro atoms. The van der Waals surface area contributed by atoms with Gasteiger partial charge in [-0.25, -0.2) is 4.79 Å². The van der Waals surface area contributed by atoms with Crippen LogP contribution in [0.2, 0.25) is 0 Å². The third kappa shape index (κ3) is 6.12. The summed E-state index contributed by atoms with van der Waals surface area (Å²) in [7, 11) is 0. The Labute approximate surface area is 140 Å². The van der Waals surface area contributed by atoms with Crippen LogP contribution >= 0.6 is 23.1 Å². The van der Waals surface area contributed by atoms with Gasteiger partial charge in [-0.15, -0.1) is 23.1 Å². The van der Waals surface area contributed by atoms with Gasteiger partial charge in [0.05, 0.1) is 0 Å². The maximum atomic E-state index is 11.8. The Morgan fingerprint density at radius 2 is 1.91 bits per heavy atom. The van der Waals surface area contributed by atoms with Gasteiger partial charge in [0, 0.05) is 26.8 Å². The monoisotopic (exact) mass is 334 g/mol. The number of nitrogens with one attached hydrogen (secondary N) is 2. The lowest BCUT2D eigenvalue weighted by Crippen LogP contribution is -2.30. The molecule has 2 amide bonds. The van der Waals surface area contributed by atoms with Crippen LogP contribution in [0.1, 0.15) is 25.6 Å². The highest BCUT2D eigenvalue weighted by atomic mass is 32.2. The minimum atomic E-state index is -0.159. The fourth-order valence-electron chi connectivity index (χ4n) is 1.89. The van der Waals surface area contributed by atoms with E-state index in [4.69, 9.17) is 0 Å². The molecule has 0 unspecified atom stereocenters. The van der Waals surface area contributed by atoms with E-state index >= 15 is 0 Å². The van der Waals surface area contributed by atoms with E-state index in [1.54, 1.807) is 11.3 Å². The first-order chi connectivity index (χ1) is 10.4. The summed E-state index contributed by atoms with van der Waals surface area (Å²) < 4.78 is 0.189. The van der Waals surface area contributed by atoms with Gasteiger partial charge in [-0.1, -0.05) is 26.8 Å². The molecule has 0 saturated heterocycles. The van der Waals surface area contributed by atoms with Crippen LogP contribution in [0.25, 0.3) is 0 Å². The quantitative estimate of drug-likeness (QED) is 0.755. The number of benzene rings is 1. The normalized spacial score (nSPS) is 11.2. The van der Waals surface area contributed by atoms with Crippen molar-refractivity contribution in [3.05, 3.63) is 46.7 Å². The van der Waals surface area contributed by atoms with E-state index in [0.29, 0.717) is 6.54 Å². The van der Waals surface area contributed by atoms with Gasteiger partial charge in [0.1, 0.15) is 0 Å². The molecule has 2 aromatic rings. The molecule has 22 heavy (non-hydrogen) atoms. The first-order valence-electron chi connectivity index (χ1n) is 7.29. The topological polar surface area (TPSA) is 41.1 Å². The zero-order valence-corrected chi connectivity index (χ0v) is 14.8. The fourth-order valence-corrected chi connectivity index (χ4v) is 3.58. The SMILES string of the molecule is CC(C)(C)Sc1ccc(NC(=O)NCCc2cccs2)cc1. The van der Waals surface area contributed by atoms with Crippen LogP contribution in [0.3, 0.4) is 0 Å². The van der Waals surface area contributed by atoms with Crippen LogP contribution in [0.4, 0.5) is 10.5 Å². The Bertz CT molecular complexity index is 586. The predicted octanol–water partition coefficient (Wildman–Crippen LogP) is 5.00. The first-order valence-corrected chi connectivity index (χ1v) is 8.98. The largest absolute Gasteiger partial charge is 0.338 e. The Balaban J connectivity index is 1.76. The molecule has 0 aliphatic heterocycles. The van der Waals surface area contributed by atoms with Crippen molar-refractivity contribution in [1.29, 1.82) is 0 Å². The van der Waals surface area contributed by atoms with Gasteiger partial charge in [0.15, 0.2) is 0 Å². The number of amides is 2. The average Bonchev–Trinajstić information content (AvgIpc) is 2.92. The molecule has 0 aliphatic carbocycles. The van der Waals surface area contributed by atoms with E-state index in [-0.39, 0.29) is 10.8 Å². The van der Waals surface area contributed by atoms with E-state index in [1.807, 2.05) is 47.5 Å². The second kappa shape index (κ2) is 7.70. The fraction of sp³-hybridized carbons (Fsp3) is 0.353. The van der Waals surface area contributed by atoms with E-state index in [2.05, 4.69) is 37.5 Å². The summed E-state index contributed by atoms with van der Waals surface area (Å²) >= 11 is 3.52. The van der Waals surface area contributed by atoms with E-state index in [1.165, 1.54) is 9.77 Å². The first kappa shape index (κ1) is 16.9. The Hall–Kier alpha value is -1.46. The number of rotatable bonds is 5. The highest BCUT2D eigenvalue weighted by Crippen LogP contribution is 2.32. The third-order valence-corrected chi connectivity index (χ3v) is 4.83. The summed E-state index contributed by atoms with van der Waals surface area (Å²) in [6.45, 7) is 7.20. The highest BCUT2D eigenvalue weighted by Gasteiger charge is 2.11. The van der Waals surface area contributed by atoms with Gasteiger partial charge in [-0.05, 0) is 42.1 Å². The van der Waals surface area contributed by atoms with E-state index in [9.17, 15) is 4.79 Å². The highest BCUT2D eigenvalue weighted by molar-refractivity contribution is 8.00. The smallest absolute Gasteiger partial charge is 0.319 e. The zero-order chi connectivity index (χ0) is 16.0. The molecule has 1 aromatic carbocycles. The molecule has 3 nitrogen and oxygen atoms in total. The molecular weight excluding hydrogens is 312 g/mol. The van der Waals surface area contributed by atoms with Crippen LogP contribution in [-0.2, 0) is 6.42 Å². The van der Waals surface area contributed by atoms with Crippen LogP contribution in [0.15, 0.2) is 46.7 Å². The summed E-state index contributed by atoms with van der Waals surface area (Å²) in [5.74, 6) is 0. The molecule has 2 rings (SSSR count). The third-order valence-electron chi connectivity index (χ3n) is 2.77. The number of hydrogen-bond donors (Lipinski definition) is 2. The predicted molar refractivity (Wildman–Crippen MR) is 97.1 cm³/mol. The number of carbonyl (C=O) groups is 1. The van der Waals surface area contributed by atoms with Crippen LogP contribution < -0.4 is 10.6 Å². The van der Waals surface area contributed by atoms with Crippen LogP contribution in [0, 0.1) is 0 Å². The number of hydrogen-bond acceptors (Lipinski definition) is 3. The number of urea groups is 1. The summed E-state index contributed by atoms with van der Waals surface area (Å²) in [4.78, 5) is 14.3. The van der Waals surface area contributed by atoms with Gasteiger partial charge in [-0.3, -0.25) is 0 Å². The van der Waals surface area contributed by atoms with E-state index < -0.39 is 0 Å². The van der Waals surface area contributed by atoms with Crippen molar-refractivity contribution in [1.82, 2.24) is 5.32 Å². The van der Waals surface area contributed by atoms with Crippen molar-refractivity contribution in [3.8, 4) is 0 Å². The van der Waals surface area contributed by atoms with Crippen molar-refractivity contribution >= 4 is 34.8 Å². The summed E-state index contributed by atoms with van der Waals surface area (Å²) in [6, 6.07) is 11.9. The van der Waals surface area contributed by atoms with Crippen LogP contribution in [0.5, 0.6) is 0 Å². The zero-order valence-electron chi connectivity index (χ0n) is 13.2. The number of thiophene rings is 1. The molecular formula is C17H22N2OS2. The lowest BCUT2D eigenvalue weighted by Gasteiger charge is -2.17. The number of anilines is 1. The summed E-state index contributed by atoms with van der Waals surface area (Å²) in [5.41, 5.74) is 0.812. The lowest BCUT2D eigenvalue weighted by molar-refractivity contribution is 0.252. The van der Waals surface area contributed by atoms with Gasteiger partial charge < -0.3 is 10.6 Å². The number of carbonyl (C=O) groups excluding carboxylic acids is 1. The molecule has 5 heteroatoms. The molecule has 0 fully saturated rings. The lowest BCUT2D eigenvalue weighted by atomic mass is 10.3. The van der Waals surface area contributed by atoms with Crippen molar-refractivity contribution < 1.29 is 4.79 Å². The molecule has 0 bridgehead atoms. The van der Waals surface area contributed by atoms with E-state index in [0.717, 1.165) is 12.1 Å². The molecule has 1 heterocycles. The molecule has 0 saturated carbocycles. The minimum absolute atomic E-state index is 0.159. The van der Waals surface area contributed by atoms with Gasteiger partial charge >= 0.3 is 6.03 Å². The average molecular weight is 335 g/mol. The van der Waals surface area contributed by atoms with Gasteiger partial charge in [0.2, 0.25) is 0 Å². The van der Waals surface area contributed by atoms with Gasteiger partial charge in [0.25, 0.3) is 0 Å².